The third kappa shape index (κ3) is 7.98. The number of rotatable bonds is 12. The number of unbranched alkanes of at least 4 members (excludes halogenated alkanes) is 2. The second-order valence-corrected chi connectivity index (χ2v) is 8.60. The lowest BCUT2D eigenvalue weighted by Crippen LogP contribution is -2.41. The monoisotopic (exact) mass is 404 g/mol. The highest BCUT2D eigenvalue weighted by Crippen LogP contribution is 2.23. The number of carbonyl (C=O) groups excluding carboxylic acids is 1. The summed E-state index contributed by atoms with van der Waals surface area (Å²) >= 11 is 0. The summed E-state index contributed by atoms with van der Waals surface area (Å²) in [5.41, 5.74) is -0.0279. The van der Waals surface area contributed by atoms with Gasteiger partial charge >= 0.3 is 0 Å². The fourth-order valence-electron chi connectivity index (χ4n) is 3.68. The van der Waals surface area contributed by atoms with Crippen molar-refractivity contribution in [3.05, 3.63) is 24.3 Å². The number of likely N-dealkylation sites (tertiary alicyclic amines) is 1. The van der Waals surface area contributed by atoms with E-state index in [1.807, 2.05) is 31.2 Å². The molecule has 1 amide bonds. The minimum atomic E-state index is -0.795. The van der Waals surface area contributed by atoms with Gasteiger partial charge < -0.3 is 19.7 Å². The molecule has 0 aliphatic carbocycles. The van der Waals surface area contributed by atoms with Gasteiger partial charge in [0.1, 0.15) is 11.4 Å². The topological polar surface area (TPSA) is 50.8 Å². The van der Waals surface area contributed by atoms with Crippen molar-refractivity contribution in [1.29, 1.82) is 0 Å². The average molecular weight is 405 g/mol. The molecule has 1 fully saturated rings. The molecular formula is C24H40N2O3. The number of anilines is 1. The van der Waals surface area contributed by atoms with Crippen LogP contribution in [0.2, 0.25) is 0 Å². The zero-order valence-corrected chi connectivity index (χ0v) is 18.8. The Balaban J connectivity index is 1.72. The molecular weight excluding hydrogens is 364 g/mol. The molecule has 0 spiro atoms. The molecule has 0 radical (unpaired) electrons. The van der Waals surface area contributed by atoms with Crippen molar-refractivity contribution in [3.63, 3.8) is 0 Å². The van der Waals surface area contributed by atoms with E-state index < -0.39 is 5.60 Å². The van der Waals surface area contributed by atoms with E-state index in [1.54, 1.807) is 7.11 Å². The number of nitrogens with one attached hydrogen (secondary N) is 1. The van der Waals surface area contributed by atoms with E-state index in [-0.39, 0.29) is 5.91 Å². The van der Waals surface area contributed by atoms with Gasteiger partial charge in [0.05, 0.1) is 6.61 Å². The van der Waals surface area contributed by atoms with Gasteiger partial charge in [0, 0.05) is 19.3 Å². The van der Waals surface area contributed by atoms with E-state index in [2.05, 4.69) is 24.1 Å². The van der Waals surface area contributed by atoms with E-state index >= 15 is 0 Å². The summed E-state index contributed by atoms with van der Waals surface area (Å²) in [7, 11) is 1.60. The normalized spacial score (nSPS) is 17.7. The number of ether oxygens (including phenoxy) is 2. The zero-order valence-electron chi connectivity index (χ0n) is 18.8. The first kappa shape index (κ1) is 23.7. The molecule has 0 aromatic heterocycles. The van der Waals surface area contributed by atoms with Gasteiger partial charge in [-0.3, -0.25) is 4.79 Å². The summed E-state index contributed by atoms with van der Waals surface area (Å²) in [5.74, 6) is 1.62. The first-order chi connectivity index (χ1) is 14.0. The van der Waals surface area contributed by atoms with E-state index in [9.17, 15) is 4.79 Å². The summed E-state index contributed by atoms with van der Waals surface area (Å²) in [5, 5.41) is 2.98. The van der Waals surface area contributed by atoms with Crippen molar-refractivity contribution in [3.8, 4) is 5.75 Å². The highest BCUT2D eigenvalue weighted by molar-refractivity contribution is 5.97. The number of hydrogen-bond donors (Lipinski definition) is 1. The standard InChI is InChI=1S/C24H40N2O3/c1-5-6-7-15-24(3,28-4)23(27)25-21-9-11-22(12-10-21)29-19-8-16-26-17-13-20(2)14-18-26/h9-12,20H,5-8,13-19H2,1-4H3,(H,25,27). The minimum absolute atomic E-state index is 0.0966. The second-order valence-electron chi connectivity index (χ2n) is 8.60. The third-order valence-corrected chi connectivity index (χ3v) is 6.06. The van der Waals surface area contributed by atoms with Crippen molar-refractivity contribution in [2.24, 2.45) is 5.92 Å². The predicted octanol–water partition coefficient (Wildman–Crippen LogP) is 5.11. The third-order valence-electron chi connectivity index (χ3n) is 6.06. The van der Waals surface area contributed by atoms with Crippen LogP contribution in [-0.4, -0.2) is 49.8 Å². The second kappa shape index (κ2) is 12.2. The molecule has 29 heavy (non-hydrogen) atoms. The Morgan fingerprint density at radius 1 is 1.17 bits per heavy atom. The van der Waals surface area contributed by atoms with Gasteiger partial charge in [0.25, 0.3) is 5.91 Å². The van der Waals surface area contributed by atoms with Gasteiger partial charge in [0.2, 0.25) is 0 Å². The van der Waals surface area contributed by atoms with Crippen LogP contribution in [0.1, 0.15) is 65.7 Å². The van der Waals surface area contributed by atoms with Crippen LogP contribution < -0.4 is 10.1 Å². The number of carbonyl (C=O) groups is 1. The fourth-order valence-corrected chi connectivity index (χ4v) is 3.68. The molecule has 1 aromatic carbocycles. The van der Waals surface area contributed by atoms with Crippen LogP contribution in [0.15, 0.2) is 24.3 Å². The van der Waals surface area contributed by atoms with Crippen molar-refractivity contribution in [2.45, 2.75) is 71.3 Å². The molecule has 1 aliphatic rings. The number of amides is 1. The van der Waals surface area contributed by atoms with Crippen LogP contribution in [0.4, 0.5) is 5.69 Å². The van der Waals surface area contributed by atoms with Gasteiger partial charge in [-0.15, -0.1) is 0 Å². The predicted molar refractivity (Wildman–Crippen MR) is 120 cm³/mol. The van der Waals surface area contributed by atoms with Gasteiger partial charge in [0.15, 0.2) is 0 Å². The highest BCUT2D eigenvalue weighted by atomic mass is 16.5. The minimum Gasteiger partial charge on any atom is -0.494 e. The maximum absolute atomic E-state index is 12.7. The van der Waals surface area contributed by atoms with Crippen molar-refractivity contribution in [2.75, 3.05) is 38.7 Å². The lowest BCUT2D eigenvalue weighted by atomic mass is 9.97. The number of benzene rings is 1. The Labute approximate surface area is 177 Å². The Bertz CT molecular complexity index is 597. The van der Waals surface area contributed by atoms with Crippen molar-refractivity contribution >= 4 is 11.6 Å². The first-order valence-electron chi connectivity index (χ1n) is 11.3. The quantitative estimate of drug-likeness (QED) is 0.492. The Hall–Kier alpha value is -1.59. The molecule has 2 rings (SSSR count). The molecule has 1 aliphatic heterocycles. The molecule has 1 heterocycles. The van der Waals surface area contributed by atoms with E-state index in [0.29, 0.717) is 0 Å². The molecule has 1 unspecified atom stereocenters. The molecule has 1 N–H and O–H groups in total. The molecule has 1 saturated heterocycles. The molecule has 5 nitrogen and oxygen atoms in total. The van der Waals surface area contributed by atoms with Crippen molar-refractivity contribution in [1.82, 2.24) is 4.90 Å². The molecule has 0 bridgehead atoms. The van der Waals surface area contributed by atoms with Gasteiger partial charge in [-0.1, -0.05) is 33.1 Å². The van der Waals surface area contributed by atoms with Crippen LogP contribution >= 0.6 is 0 Å². The van der Waals surface area contributed by atoms with E-state index in [1.165, 1.54) is 25.9 Å². The number of hydrogen-bond acceptors (Lipinski definition) is 4. The fraction of sp³-hybridized carbons (Fsp3) is 0.708. The number of methoxy groups -OCH3 is 1. The van der Waals surface area contributed by atoms with E-state index in [0.717, 1.165) is 62.6 Å². The molecule has 0 saturated carbocycles. The summed E-state index contributed by atoms with van der Waals surface area (Å²) in [4.78, 5) is 15.2. The maximum atomic E-state index is 12.7. The van der Waals surface area contributed by atoms with Crippen molar-refractivity contribution < 1.29 is 14.3 Å². The SMILES string of the molecule is CCCCCC(C)(OC)C(=O)Nc1ccc(OCCCN2CCC(C)CC2)cc1. The average Bonchev–Trinajstić information content (AvgIpc) is 2.73. The Morgan fingerprint density at radius 3 is 2.48 bits per heavy atom. The molecule has 5 heteroatoms. The first-order valence-corrected chi connectivity index (χ1v) is 11.3. The van der Waals surface area contributed by atoms with Crippen LogP contribution in [0, 0.1) is 5.92 Å². The lowest BCUT2D eigenvalue weighted by Gasteiger charge is -2.30. The summed E-state index contributed by atoms with van der Waals surface area (Å²) in [6.45, 7) is 10.6. The van der Waals surface area contributed by atoms with Crippen LogP contribution in [-0.2, 0) is 9.53 Å². The lowest BCUT2D eigenvalue weighted by molar-refractivity contribution is -0.136. The van der Waals surface area contributed by atoms with Gasteiger partial charge in [-0.2, -0.15) is 0 Å². The van der Waals surface area contributed by atoms with Crippen LogP contribution in [0.3, 0.4) is 0 Å². The number of piperidine rings is 1. The Kier molecular flexibility index (Phi) is 9.95. The zero-order chi connectivity index (χ0) is 21.1. The van der Waals surface area contributed by atoms with Gasteiger partial charge in [-0.05, 0) is 75.9 Å². The summed E-state index contributed by atoms with van der Waals surface area (Å²) in [6.07, 6.45) is 7.60. The number of nitrogens with zero attached hydrogens (tertiary/aromatic N) is 1. The van der Waals surface area contributed by atoms with Crippen LogP contribution in [0.25, 0.3) is 0 Å². The van der Waals surface area contributed by atoms with E-state index in [4.69, 9.17) is 9.47 Å². The molecule has 1 aromatic rings. The molecule has 1 atom stereocenters. The largest absolute Gasteiger partial charge is 0.494 e. The summed E-state index contributed by atoms with van der Waals surface area (Å²) in [6, 6.07) is 7.61. The van der Waals surface area contributed by atoms with Crippen LogP contribution in [0.5, 0.6) is 5.75 Å². The Morgan fingerprint density at radius 2 is 1.86 bits per heavy atom. The molecule has 164 valence electrons. The van der Waals surface area contributed by atoms with Gasteiger partial charge in [-0.25, -0.2) is 0 Å². The summed E-state index contributed by atoms with van der Waals surface area (Å²) < 4.78 is 11.4. The smallest absolute Gasteiger partial charge is 0.256 e. The highest BCUT2D eigenvalue weighted by Gasteiger charge is 2.32. The maximum Gasteiger partial charge on any atom is 0.256 e.